The summed E-state index contributed by atoms with van der Waals surface area (Å²) < 4.78 is 10.5. The molecule has 0 saturated carbocycles. The third-order valence-corrected chi connectivity index (χ3v) is 4.80. The molecule has 3 N–H and O–H groups in total. The van der Waals surface area contributed by atoms with E-state index < -0.39 is 5.60 Å². The van der Waals surface area contributed by atoms with E-state index in [1.807, 2.05) is 32.9 Å². The highest BCUT2D eigenvalue weighted by Gasteiger charge is 2.23. The van der Waals surface area contributed by atoms with Crippen LogP contribution in [0.15, 0.2) is 29.3 Å². The highest BCUT2D eigenvalue weighted by Crippen LogP contribution is 2.26. The summed E-state index contributed by atoms with van der Waals surface area (Å²) in [5, 5.41) is 9.46. The number of rotatable bonds is 8. The summed E-state index contributed by atoms with van der Waals surface area (Å²) in [6, 6.07) is 8.21. The van der Waals surface area contributed by atoms with Crippen molar-refractivity contribution in [2.45, 2.75) is 39.2 Å². The van der Waals surface area contributed by atoms with Gasteiger partial charge in [0.15, 0.2) is 5.96 Å². The zero-order valence-corrected chi connectivity index (χ0v) is 21.7. The molecule has 1 fully saturated rings. The summed E-state index contributed by atoms with van der Waals surface area (Å²) in [5.74, 6) is 2.23. The second-order valence-corrected chi connectivity index (χ2v) is 8.46. The van der Waals surface area contributed by atoms with Crippen LogP contribution in [0.5, 0.6) is 5.75 Å². The lowest BCUT2D eigenvalue weighted by Gasteiger charge is -2.20. The second-order valence-electron chi connectivity index (χ2n) is 8.46. The zero-order valence-electron chi connectivity index (χ0n) is 19.4. The van der Waals surface area contributed by atoms with E-state index >= 15 is 0 Å². The van der Waals surface area contributed by atoms with Crippen molar-refractivity contribution in [1.82, 2.24) is 16.0 Å². The van der Waals surface area contributed by atoms with Gasteiger partial charge in [0.1, 0.15) is 11.4 Å². The van der Waals surface area contributed by atoms with Crippen LogP contribution in [0.1, 0.15) is 33.6 Å². The number of carbonyl (C=O) groups is 1. The highest BCUT2D eigenvalue weighted by molar-refractivity contribution is 14.0. The standard InChI is InChI=1S/C22H37N5O3.HI/c1-22(2,3)30-21(28)25-12-7-11-24-20(23-4)26-15-17-10-13-27(16-17)18-8-6-9-19(14-18)29-5;/h6,8-9,14,17H,7,10-13,15-16H2,1-5H3,(H,25,28)(H2,23,24,26);1H. The molecule has 1 aromatic carbocycles. The van der Waals surface area contributed by atoms with Gasteiger partial charge < -0.3 is 30.3 Å². The molecule has 9 heteroatoms. The number of benzene rings is 1. The second kappa shape index (κ2) is 13.5. The first-order valence-corrected chi connectivity index (χ1v) is 10.6. The van der Waals surface area contributed by atoms with Gasteiger partial charge in [-0.2, -0.15) is 0 Å². The molecule has 1 aliphatic heterocycles. The number of hydrogen-bond acceptors (Lipinski definition) is 5. The Labute approximate surface area is 203 Å². The SMILES string of the molecule is CN=C(NCCCNC(=O)OC(C)(C)C)NCC1CCN(c2cccc(OC)c2)C1.I. The number of nitrogens with zero attached hydrogens (tertiary/aromatic N) is 2. The molecule has 31 heavy (non-hydrogen) atoms. The van der Waals surface area contributed by atoms with Crippen LogP contribution in [0.4, 0.5) is 10.5 Å². The van der Waals surface area contributed by atoms with Crippen molar-refractivity contribution in [3.8, 4) is 5.75 Å². The number of hydrogen-bond donors (Lipinski definition) is 3. The Kier molecular flexibility index (Phi) is 11.8. The van der Waals surface area contributed by atoms with E-state index in [-0.39, 0.29) is 30.1 Å². The fourth-order valence-corrected chi connectivity index (χ4v) is 3.30. The summed E-state index contributed by atoms with van der Waals surface area (Å²) in [5.41, 5.74) is 0.730. The molecule has 176 valence electrons. The number of guanidine groups is 1. The van der Waals surface area contributed by atoms with E-state index in [0.29, 0.717) is 12.5 Å². The minimum absolute atomic E-state index is 0. The van der Waals surface area contributed by atoms with E-state index in [2.05, 4.69) is 38.0 Å². The summed E-state index contributed by atoms with van der Waals surface area (Å²) in [7, 11) is 3.47. The van der Waals surface area contributed by atoms with Crippen molar-refractivity contribution < 1.29 is 14.3 Å². The number of alkyl carbamates (subject to hydrolysis) is 1. The summed E-state index contributed by atoms with van der Waals surface area (Å²) >= 11 is 0. The molecule has 1 unspecified atom stereocenters. The van der Waals surface area contributed by atoms with E-state index in [9.17, 15) is 4.79 Å². The topological polar surface area (TPSA) is 87.2 Å². The van der Waals surface area contributed by atoms with Gasteiger partial charge in [0.25, 0.3) is 0 Å². The summed E-state index contributed by atoms with van der Waals surface area (Å²) in [6.07, 6.45) is 1.54. The number of amides is 1. The number of ether oxygens (including phenoxy) is 2. The lowest BCUT2D eigenvalue weighted by molar-refractivity contribution is 0.0527. The molecule has 0 aliphatic carbocycles. The van der Waals surface area contributed by atoms with Crippen LogP contribution in [-0.2, 0) is 4.74 Å². The number of nitrogens with one attached hydrogen (secondary N) is 3. The predicted octanol–water partition coefficient (Wildman–Crippen LogP) is 3.22. The minimum Gasteiger partial charge on any atom is -0.497 e. The average molecular weight is 547 g/mol. The van der Waals surface area contributed by atoms with Crippen molar-refractivity contribution in [2.75, 3.05) is 51.8 Å². The van der Waals surface area contributed by atoms with Gasteiger partial charge in [-0.1, -0.05) is 6.07 Å². The van der Waals surface area contributed by atoms with Gasteiger partial charge in [0.05, 0.1) is 7.11 Å². The first kappa shape index (κ1) is 27.1. The lowest BCUT2D eigenvalue weighted by Crippen LogP contribution is -2.41. The van der Waals surface area contributed by atoms with Gasteiger partial charge in [-0.15, -0.1) is 24.0 Å². The predicted molar refractivity (Wildman–Crippen MR) is 137 cm³/mol. The molecular formula is C22H38IN5O3. The molecular weight excluding hydrogens is 509 g/mol. The molecule has 1 heterocycles. The number of halogens is 1. The number of anilines is 1. The fourth-order valence-electron chi connectivity index (χ4n) is 3.30. The maximum atomic E-state index is 11.6. The average Bonchev–Trinajstić information content (AvgIpc) is 3.18. The summed E-state index contributed by atoms with van der Waals surface area (Å²) in [6.45, 7) is 9.75. The van der Waals surface area contributed by atoms with Crippen molar-refractivity contribution in [3.05, 3.63) is 24.3 Å². The zero-order chi connectivity index (χ0) is 22.0. The molecule has 1 amide bonds. The van der Waals surface area contributed by atoms with Gasteiger partial charge in [-0.3, -0.25) is 4.99 Å². The van der Waals surface area contributed by atoms with E-state index in [4.69, 9.17) is 9.47 Å². The van der Waals surface area contributed by atoms with Gasteiger partial charge in [-0.05, 0) is 51.7 Å². The third-order valence-electron chi connectivity index (χ3n) is 4.80. The Morgan fingerprint density at radius 1 is 1.23 bits per heavy atom. The third kappa shape index (κ3) is 10.3. The van der Waals surface area contributed by atoms with Crippen LogP contribution in [0, 0.1) is 5.92 Å². The Balaban J connectivity index is 0.00000480. The highest BCUT2D eigenvalue weighted by atomic mass is 127. The van der Waals surface area contributed by atoms with E-state index in [1.165, 1.54) is 5.69 Å². The monoisotopic (exact) mass is 547 g/mol. The minimum atomic E-state index is -0.476. The molecule has 0 bridgehead atoms. The Morgan fingerprint density at radius 2 is 1.97 bits per heavy atom. The summed E-state index contributed by atoms with van der Waals surface area (Å²) in [4.78, 5) is 18.3. The lowest BCUT2D eigenvalue weighted by atomic mass is 10.1. The Hall–Kier alpha value is -1.91. The number of carbonyl (C=O) groups excluding carboxylic acids is 1. The molecule has 0 spiro atoms. The molecule has 1 atom stereocenters. The maximum Gasteiger partial charge on any atom is 0.407 e. The smallest absolute Gasteiger partial charge is 0.407 e. The fraction of sp³-hybridized carbons (Fsp3) is 0.636. The van der Waals surface area contributed by atoms with Crippen molar-refractivity contribution in [1.29, 1.82) is 0 Å². The molecule has 1 aliphatic rings. The van der Waals surface area contributed by atoms with Crippen LogP contribution < -0.4 is 25.6 Å². The number of methoxy groups -OCH3 is 1. The van der Waals surface area contributed by atoms with Crippen LogP contribution >= 0.6 is 24.0 Å². The van der Waals surface area contributed by atoms with Crippen LogP contribution in [0.25, 0.3) is 0 Å². The van der Waals surface area contributed by atoms with Crippen LogP contribution in [0.3, 0.4) is 0 Å². The van der Waals surface area contributed by atoms with E-state index in [1.54, 1.807) is 14.2 Å². The van der Waals surface area contributed by atoms with Gasteiger partial charge in [-0.25, -0.2) is 4.79 Å². The largest absolute Gasteiger partial charge is 0.497 e. The molecule has 0 aromatic heterocycles. The van der Waals surface area contributed by atoms with Gasteiger partial charge in [0, 0.05) is 51.5 Å². The Morgan fingerprint density at radius 3 is 2.65 bits per heavy atom. The van der Waals surface area contributed by atoms with Crippen molar-refractivity contribution >= 4 is 41.7 Å². The normalized spacial score (nSPS) is 16.4. The molecule has 0 radical (unpaired) electrons. The van der Waals surface area contributed by atoms with Crippen molar-refractivity contribution in [2.24, 2.45) is 10.9 Å². The molecule has 1 aromatic rings. The molecule has 2 rings (SSSR count). The van der Waals surface area contributed by atoms with Gasteiger partial charge >= 0.3 is 6.09 Å². The van der Waals surface area contributed by atoms with Gasteiger partial charge in [0.2, 0.25) is 0 Å². The Bertz CT molecular complexity index is 709. The van der Waals surface area contributed by atoms with Crippen LogP contribution in [0.2, 0.25) is 0 Å². The van der Waals surface area contributed by atoms with Crippen LogP contribution in [-0.4, -0.2) is 64.5 Å². The quantitative estimate of drug-likeness (QED) is 0.201. The van der Waals surface area contributed by atoms with Crippen molar-refractivity contribution in [3.63, 3.8) is 0 Å². The molecule has 8 nitrogen and oxygen atoms in total. The first-order chi connectivity index (χ1) is 14.3. The van der Waals surface area contributed by atoms with E-state index in [0.717, 1.165) is 50.7 Å². The maximum absolute atomic E-state index is 11.6. The first-order valence-electron chi connectivity index (χ1n) is 10.6. The number of aliphatic imine (C=N–C) groups is 1. The molecule has 1 saturated heterocycles.